The average molecular weight is 614 g/mol. The molecular formula is C35H67NO5S. The number of hydrogen-bond donors (Lipinski definition) is 3. The van der Waals surface area contributed by atoms with Gasteiger partial charge in [0.1, 0.15) is 0 Å². The number of hydrogen-bond acceptors (Lipinski definition) is 4. The van der Waals surface area contributed by atoms with Gasteiger partial charge in [0.05, 0.1) is 17.9 Å². The third-order valence-electron chi connectivity index (χ3n) is 7.88. The Hall–Kier alpha value is -1.18. The minimum Gasteiger partial charge on any atom is -0.387 e. The topological polar surface area (TPSA) is 104 Å². The van der Waals surface area contributed by atoms with Crippen LogP contribution in [0.4, 0.5) is 0 Å². The highest BCUT2D eigenvalue weighted by atomic mass is 32.2. The van der Waals surface area contributed by atoms with Crippen LogP contribution in [0.5, 0.6) is 0 Å². The van der Waals surface area contributed by atoms with Crippen LogP contribution in [-0.2, 0) is 14.9 Å². The summed E-state index contributed by atoms with van der Waals surface area (Å²) < 4.78 is 32.2. The van der Waals surface area contributed by atoms with Crippen molar-refractivity contribution >= 4 is 16.0 Å². The molecule has 42 heavy (non-hydrogen) atoms. The van der Waals surface area contributed by atoms with Crippen molar-refractivity contribution < 1.29 is 22.9 Å². The van der Waals surface area contributed by atoms with Gasteiger partial charge in [0.2, 0.25) is 5.91 Å². The van der Waals surface area contributed by atoms with E-state index < -0.39 is 28.0 Å². The number of carbonyl (C=O) groups is 1. The van der Waals surface area contributed by atoms with Crippen molar-refractivity contribution in [2.45, 2.75) is 187 Å². The number of aliphatic hydroxyl groups is 1. The zero-order valence-electron chi connectivity index (χ0n) is 27.4. The summed E-state index contributed by atoms with van der Waals surface area (Å²) in [4.78, 5) is 12.4. The molecule has 0 aliphatic carbocycles. The number of nitrogens with one attached hydrogen (secondary N) is 1. The second-order valence-corrected chi connectivity index (χ2v) is 13.6. The maximum absolute atomic E-state index is 12.4. The Morgan fingerprint density at radius 1 is 0.619 bits per heavy atom. The summed E-state index contributed by atoms with van der Waals surface area (Å²) in [6.07, 6.45) is 35.9. The van der Waals surface area contributed by atoms with Crippen molar-refractivity contribution in [3.63, 3.8) is 0 Å². The summed E-state index contributed by atoms with van der Waals surface area (Å²) >= 11 is 0. The highest BCUT2D eigenvalue weighted by Gasteiger charge is 2.24. The first kappa shape index (κ1) is 40.8. The summed E-state index contributed by atoms with van der Waals surface area (Å²) in [5.41, 5.74) is 0. The molecule has 2 unspecified atom stereocenters. The maximum Gasteiger partial charge on any atom is 0.267 e. The van der Waals surface area contributed by atoms with Crippen LogP contribution in [0.1, 0.15) is 174 Å². The van der Waals surface area contributed by atoms with Crippen molar-refractivity contribution in [2.24, 2.45) is 0 Å². The van der Waals surface area contributed by atoms with Gasteiger partial charge in [0.15, 0.2) is 0 Å². The summed E-state index contributed by atoms with van der Waals surface area (Å²) in [5.74, 6) is -0.998. The molecule has 0 aliphatic rings. The van der Waals surface area contributed by atoms with Crippen LogP contribution < -0.4 is 5.32 Å². The zero-order chi connectivity index (χ0) is 31.2. The van der Waals surface area contributed by atoms with Crippen molar-refractivity contribution in [1.29, 1.82) is 0 Å². The van der Waals surface area contributed by atoms with E-state index in [2.05, 4.69) is 31.3 Å². The van der Waals surface area contributed by atoms with E-state index in [0.717, 1.165) is 38.5 Å². The molecule has 0 radical (unpaired) electrons. The second kappa shape index (κ2) is 29.9. The van der Waals surface area contributed by atoms with Crippen molar-refractivity contribution in [3.05, 3.63) is 24.3 Å². The number of allylic oxidation sites excluding steroid dienone is 3. The lowest BCUT2D eigenvalue weighted by Gasteiger charge is -2.21. The van der Waals surface area contributed by atoms with Crippen LogP contribution >= 0.6 is 0 Å². The predicted molar refractivity (Wildman–Crippen MR) is 179 cm³/mol. The molecule has 0 bridgehead atoms. The van der Waals surface area contributed by atoms with Crippen LogP contribution in [0.25, 0.3) is 0 Å². The first-order valence-corrected chi connectivity index (χ1v) is 19.1. The number of carbonyl (C=O) groups excluding carboxylic acids is 1. The molecule has 0 saturated carbocycles. The van der Waals surface area contributed by atoms with Gasteiger partial charge in [-0.05, 0) is 32.1 Å². The van der Waals surface area contributed by atoms with E-state index in [9.17, 15) is 22.9 Å². The lowest BCUT2D eigenvalue weighted by molar-refractivity contribution is -0.122. The molecular weight excluding hydrogens is 546 g/mol. The van der Waals surface area contributed by atoms with Crippen LogP contribution in [0.3, 0.4) is 0 Å². The molecule has 0 fully saturated rings. The maximum atomic E-state index is 12.4. The van der Waals surface area contributed by atoms with E-state index in [1.54, 1.807) is 0 Å². The smallest absolute Gasteiger partial charge is 0.267 e. The van der Waals surface area contributed by atoms with Crippen LogP contribution in [0, 0.1) is 0 Å². The fraction of sp³-hybridized carbons (Fsp3) is 0.857. The van der Waals surface area contributed by atoms with Gasteiger partial charge in [-0.3, -0.25) is 9.35 Å². The van der Waals surface area contributed by atoms with E-state index in [1.165, 1.54) is 122 Å². The summed E-state index contributed by atoms with van der Waals surface area (Å²) in [7, 11) is -4.34. The van der Waals surface area contributed by atoms with Gasteiger partial charge < -0.3 is 10.4 Å². The fourth-order valence-electron chi connectivity index (χ4n) is 5.23. The van der Waals surface area contributed by atoms with Gasteiger partial charge in [-0.1, -0.05) is 160 Å². The Balaban J connectivity index is 4.04. The molecule has 1 amide bonds. The highest BCUT2D eigenvalue weighted by molar-refractivity contribution is 7.85. The molecule has 0 aromatic carbocycles. The molecule has 0 aromatic heterocycles. The second-order valence-electron chi connectivity index (χ2n) is 12.1. The molecule has 0 aliphatic heterocycles. The van der Waals surface area contributed by atoms with Gasteiger partial charge >= 0.3 is 0 Å². The SMILES string of the molecule is CCCCCCCCCCCCC/C=C/CC/C=C/C(O)C(CS(=O)(=O)O)NC(=O)CCCCCCCCCCCC. The van der Waals surface area contributed by atoms with Crippen molar-refractivity contribution in [2.75, 3.05) is 5.75 Å². The molecule has 0 rings (SSSR count). The number of aliphatic hydroxyl groups excluding tert-OH is 1. The molecule has 6 nitrogen and oxygen atoms in total. The van der Waals surface area contributed by atoms with E-state index >= 15 is 0 Å². The lowest BCUT2D eigenvalue weighted by Crippen LogP contribution is -2.46. The Bertz CT molecular complexity index is 765. The number of rotatable bonds is 31. The van der Waals surface area contributed by atoms with Crippen LogP contribution in [-0.4, -0.2) is 41.9 Å². The Kier molecular flexibility index (Phi) is 29.0. The Morgan fingerprint density at radius 3 is 1.50 bits per heavy atom. The summed E-state index contributed by atoms with van der Waals surface area (Å²) in [5, 5.41) is 13.1. The molecule has 2 atom stereocenters. The first-order chi connectivity index (χ1) is 20.3. The fourth-order valence-corrected chi connectivity index (χ4v) is 5.96. The molecule has 248 valence electrons. The third kappa shape index (κ3) is 30.3. The number of unbranched alkanes of at least 4 members (excludes halogenated alkanes) is 21. The molecule has 0 saturated heterocycles. The standard InChI is InChI=1S/C35H67NO5S/c1-3-5-7-9-11-13-15-16-17-18-19-20-21-22-24-26-28-30-34(37)33(32-42(39,40)41)36-35(38)31-29-27-25-23-14-12-10-8-6-4-2/h21-22,28,30,33-34,37H,3-20,23-27,29,31-32H2,1-2H3,(H,36,38)(H,39,40,41)/b22-21+,30-28+. The van der Waals surface area contributed by atoms with Crippen molar-refractivity contribution in [1.82, 2.24) is 5.32 Å². The molecule has 0 spiro atoms. The highest BCUT2D eigenvalue weighted by Crippen LogP contribution is 2.13. The van der Waals surface area contributed by atoms with E-state index in [0.29, 0.717) is 6.42 Å². The molecule has 0 aromatic rings. The average Bonchev–Trinajstić information content (AvgIpc) is 2.94. The molecule has 7 heteroatoms. The Morgan fingerprint density at radius 2 is 1.02 bits per heavy atom. The zero-order valence-corrected chi connectivity index (χ0v) is 28.2. The third-order valence-corrected chi connectivity index (χ3v) is 8.66. The summed E-state index contributed by atoms with van der Waals surface area (Å²) in [6, 6.07) is -1.07. The minimum absolute atomic E-state index is 0.291. The normalized spacial score (nSPS) is 13.7. The largest absolute Gasteiger partial charge is 0.387 e. The van der Waals surface area contributed by atoms with Crippen LogP contribution in [0.15, 0.2) is 24.3 Å². The molecule has 3 N–H and O–H groups in total. The predicted octanol–water partition coefficient (Wildman–Crippen LogP) is 9.62. The van der Waals surface area contributed by atoms with Gasteiger partial charge in [0, 0.05) is 6.42 Å². The quantitative estimate of drug-likeness (QED) is 0.0410. The van der Waals surface area contributed by atoms with E-state index in [-0.39, 0.29) is 5.91 Å². The summed E-state index contributed by atoms with van der Waals surface area (Å²) in [6.45, 7) is 4.48. The van der Waals surface area contributed by atoms with Gasteiger partial charge in [-0.15, -0.1) is 0 Å². The number of amides is 1. The van der Waals surface area contributed by atoms with Crippen LogP contribution in [0.2, 0.25) is 0 Å². The monoisotopic (exact) mass is 613 g/mol. The molecule has 0 heterocycles. The van der Waals surface area contributed by atoms with Gasteiger partial charge in [-0.25, -0.2) is 0 Å². The van der Waals surface area contributed by atoms with E-state index in [4.69, 9.17) is 0 Å². The van der Waals surface area contributed by atoms with Crippen molar-refractivity contribution in [3.8, 4) is 0 Å². The minimum atomic E-state index is -4.34. The van der Waals surface area contributed by atoms with Gasteiger partial charge in [0.25, 0.3) is 10.1 Å². The van der Waals surface area contributed by atoms with E-state index in [1.807, 2.05) is 6.08 Å². The lowest BCUT2D eigenvalue weighted by atomic mass is 10.1. The Labute approximate surface area is 260 Å². The van der Waals surface area contributed by atoms with Gasteiger partial charge in [-0.2, -0.15) is 8.42 Å². The first-order valence-electron chi connectivity index (χ1n) is 17.5.